The van der Waals surface area contributed by atoms with Crippen LogP contribution in [0.4, 0.5) is 5.69 Å². The molecule has 1 rings (SSSR count). The number of hydrogen-bond acceptors (Lipinski definition) is 5. The maximum absolute atomic E-state index is 11.9. The number of nitrogens with one attached hydrogen (secondary N) is 1. The van der Waals surface area contributed by atoms with Crippen LogP contribution in [-0.2, 0) is 25.0 Å². The summed E-state index contributed by atoms with van der Waals surface area (Å²) in [5, 5.41) is 13.4. The minimum Gasteiger partial charge on any atom is -0.481 e. The van der Waals surface area contributed by atoms with E-state index in [0.29, 0.717) is 0 Å². The van der Waals surface area contributed by atoms with Crippen molar-refractivity contribution >= 4 is 31.9 Å². The summed E-state index contributed by atoms with van der Waals surface area (Å²) < 4.78 is 48.9. The number of rotatable bonds is 7. The fourth-order valence-electron chi connectivity index (χ4n) is 1.31. The van der Waals surface area contributed by atoms with Crippen molar-refractivity contribution in [3.05, 3.63) is 24.3 Å². The van der Waals surface area contributed by atoms with Crippen LogP contribution in [-0.4, -0.2) is 45.8 Å². The average molecular weight is 337 g/mol. The molecule has 4 N–H and O–H groups in total. The van der Waals surface area contributed by atoms with Crippen LogP contribution in [0.15, 0.2) is 29.2 Å². The fourth-order valence-corrected chi connectivity index (χ4v) is 2.75. The molecule has 0 aromatic heterocycles. The first-order chi connectivity index (χ1) is 9.52. The van der Waals surface area contributed by atoms with Crippen molar-refractivity contribution in [3.63, 3.8) is 0 Å². The summed E-state index contributed by atoms with van der Waals surface area (Å²) in [5.74, 6) is -1.12. The first-order valence-corrected chi connectivity index (χ1v) is 8.60. The highest BCUT2D eigenvalue weighted by Crippen LogP contribution is 2.15. The van der Waals surface area contributed by atoms with Crippen LogP contribution in [0, 0.1) is 0 Å². The highest BCUT2D eigenvalue weighted by Gasteiger charge is 2.18. The molecule has 0 bridgehead atoms. The van der Waals surface area contributed by atoms with Crippen LogP contribution in [0.3, 0.4) is 0 Å². The van der Waals surface area contributed by atoms with Crippen molar-refractivity contribution in [2.75, 3.05) is 18.3 Å². The minimum absolute atomic E-state index is 0.129. The summed E-state index contributed by atoms with van der Waals surface area (Å²) in [5.41, 5.74) is 0.129. The summed E-state index contributed by atoms with van der Waals surface area (Å²) in [4.78, 5) is 10.3. The molecule has 1 aromatic rings. The van der Waals surface area contributed by atoms with Gasteiger partial charge in [0.25, 0.3) is 0 Å². The highest BCUT2D eigenvalue weighted by molar-refractivity contribution is 7.90. The fraction of sp³-hybridized carbons (Fsp3) is 0.300. The van der Waals surface area contributed by atoms with E-state index in [4.69, 9.17) is 10.2 Å². The molecule has 0 amide bonds. The van der Waals surface area contributed by atoms with Crippen LogP contribution >= 0.6 is 0 Å². The quantitative estimate of drug-likeness (QED) is 0.605. The zero-order chi connectivity index (χ0) is 16.3. The monoisotopic (exact) mass is 337 g/mol. The number of carboxylic acids is 1. The summed E-state index contributed by atoms with van der Waals surface area (Å²) >= 11 is 0. The molecule has 9 nitrogen and oxygen atoms in total. The van der Waals surface area contributed by atoms with E-state index in [9.17, 15) is 21.6 Å². The molecule has 0 radical (unpaired) electrons. The lowest BCUT2D eigenvalue weighted by molar-refractivity contribution is -0.137. The van der Waals surface area contributed by atoms with Gasteiger partial charge in [-0.2, -0.15) is 12.7 Å². The number of anilines is 1. The van der Waals surface area contributed by atoms with Crippen molar-refractivity contribution in [1.82, 2.24) is 4.31 Å². The van der Waals surface area contributed by atoms with Crippen LogP contribution in [0.1, 0.15) is 6.42 Å². The van der Waals surface area contributed by atoms with Crippen LogP contribution in [0.2, 0.25) is 0 Å². The summed E-state index contributed by atoms with van der Waals surface area (Å²) in [6, 6.07) is 4.79. The zero-order valence-electron chi connectivity index (χ0n) is 11.1. The third kappa shape index (κ3) is 5.30. The second-order valence-electron chi connectivity index (χ2n) is 4.14. The van der Waals surface area contributed by atoms with Gasteiger partial charge in [-0.15, -0.1) is 0 Å². The Labute approximate surface area is 122 Å². The number of primary sulfonamides is 1. The SMILES string of the molecule is CN(CCC(=O)O)S(=O)(=O)Nc1ccc(S(N)(=O)=O)cc1. The van der Waals surface area contributed by atoms with Gasteiger partial charge in [-0.05, 0) is 24.3 Å². The van der Waals surface area contributed by atoms with E-state index in [-0.39, 0.29) is 23.5 Å². The molecule has 0 aliphatic rings. The van der Waals surface area contributed by atoms with E-state index in [1.165, 1.54) is 19.2 Å². The smallest absolute Gasteiger partial charge is 0.304 e. The number of carbonyl (C=O) groups is 1. The number of aliphatic carboxylic acids is 1. The Bertz CT molecular complexity index is 712. The van der Waals surface area contributed by atoms with Gasteiger partial charge in [-0.25, -0.2) is 13.6 Å². The van der Waals surface area contributed by atoms with Gasteiger partial charge < -0.3 is 5.11 Å². The molecule has 0 heterocycles. The molecule has 0 aliphatic heterocycles. The molecule has 0 saturated carbocycles. The summed E-state index contributed by atoms with van der Waals surface area (Å²) in [6.45, 7) is -0.195. The number of sulfonamides is 1. The predicted molar refractivity (Wildman–Crippen MR) is 75.2 cm³/mol. The van der Waals surface area contributed by atoms with Crippen molar-refractivity contribution in [2.45, 2.75) is 11.3 Å². The Kier molecular flexibility index (Phi) is 5.28. The lowest BCUT2D eigenvalue weighted by Crippen LogP contribution is -2.34. The Hall–Kier alpha value is -1.69. The van der Waals surface area contributed by atoms with Crippen molar-refractivity contribution < 1.29 is 26.7 Å². The molecule has 11 heteroatoms. The third-order valence-electron chi connectivity index (χ3n) is 2.48. The molecule has 21 heavy (non-hydrogen) atoms. The molecule has 0 atom stereocenters. The average Bonchev–Trinajstić information content (AvgIpc) is 2.34. The van der Waals surface area contributed by atoms with E-state index in [1.54, 1.807) is 0 Å². The molecule has 0 unspecified atom stereocenters. The van der Waals surface area contributed by atoms with Crippen molar-refractivity contribution in [3.8, 4) is 0 Å². The Morgan fingerprint density at radius 3 is 2.19 bits per heavy atom. The van der Waals surface area contributed by atoms with Gasteiger partial charge in [0.05, 0.1) is 11.3 Å². The zero-order valence-corrected chi connectivity index (χ0v) is 12.7. The van der Waals surface area contributed by atoms with E-state index in [2.05, 4.69) is 4.72 Å². The number of carboxylic acid groups (broad SMARTS) is 1. The van der Waals surface area contributed by atoms with Gasteiger partial charge in [0.15, 0.2) is 0 Å². The molecule has 0 spiro atoms. The van der Waals surface area contributed by atoms with Crippen molar-refractivity contribution in [2.24, 2.45) is 5.14 Å². The molecule has 0 fully saturated rings. The van der Waals surface area contributed by atoms with Gasteiger partial charge in [-0.1, -0.05) is 0 Å². The van der Waals surface area contributed by atoms with E-state index >= 15 is 0 Å². The van der Waals surface area contributed by atoms with Gasteiger partial charge in [-0.3, -0.25) is 9.52 Å². The Morgan fingerprint density at radius 1 is 1.24 bits per heavy atom. The van der Waals surface area contributed by atoms with E-state index < -0.39 is 26.2 Å². The van der Waals surface area contributed by atoms with Gasteiger partial charge in [0.1, 0.15) is 0 Å². The Morgan fingerprint density at radius 2 is 1.76 bits per heavy atom. The van der Waals surface area contributed by atoms with Crippen molar-refractivity contribution in [1.29, 1.82) is 0 Å². The third-order valence-corrected chi connectivity index (χ3v) is 4.91. The van der Waals surface area contributed by atoms with Gasteiger partial charge >= 0.3 is 16.2 Å². The van der Waals surface area contributed by atoms with E-state index in [0.717, 1.165) is 16.4 Å². The topological polar surface area (TPSA) is 147 Å². The second-order valence-corrected chi connectivity index (χ2v) is 7.48. The first-order valence-electron chi connectivity index (χ1n) is 5.61. The van der Waals surface area contributed by atoms with Gasteiger partial charge in [0, 0.05) is 19.3 Å². The molecule has 1 aromatic carbocycles. The first kappa shape index (κ1) is 17.4. The molecular weight excluding hydrogens is 322 g/mol. The predicted octanol–water partition coefficient (Wildman–Crippen LogP) is -0.603. The number of benzene rings is 1. The highest BCUT2D eigenvalue weighted by atomic mass is 32.2. The maximum atomic E-state index is 11.9. The van der Waals surface area contributed by atoms with E-state index in [1.807, 2.05) is 0 Å². The number of nitrogens with zero attached hydrogens (tertiary/aromatic N) is 1. The number of hydrogen-bond donors (Lipinski definition) is 3. The molecule has 0 aliphatic carbocycles. The minimum atomic E-state index is -3.92. The molecule has 0 saturated heterocycles. The second kappa shape index (κ2) is 6.39. The molecular formula is C10H15N3O6S2. The van der Waals surface area contributed by atoms with Crippen LogP contribution < -0.4 is 9.86 Å². The lowest BCUT2D eigenvalue weighted by Gasteiger charge is -2.17. The Balaban J connectivity index is 2.82. The van der Waals surface area contributed by atoms with Gasteiger partial charge in [0.2, 0.25) is 10.0 Å². The van der Waals surface area contributed by atoms with Crippen LogP contribution in [0.25, 0.3) is 0 Å². The van der Waals surface area contributed by atoms with Crippen LogP contribution in [0.5, 0.6) is 0 Å². The normalized spacial score (nSPS) is 12.3. The molecule has 118 valence electrons. The summed E-state index contributed by atoms with van der Waals surface area (Å²) in [6.07, 6.45) is -0.332. The largest absolute Gasteiger partial charge is 0.481 e. The number of nitrogens with two attached hydrogens (primary N) is 1. The standard InChI is InChI=1S/C10H15N3O6S2/c1-13(7-6-10(14)15)21(18,19)12-8-2-4-9(5-3-8)20(11,16)17/h2-5,12H,6-7H2,1H3,(H,14,15)(H2,11,16,17). The lowest BCUT2D eigenvalue weighted by atomic mass is 10.3. The summed E-state index contributed by atoms with van der Waals surface area (Å²) in [7, 11) is -6.54. The maximum Gasteiger partial charge on any atom is 0.304 e.